The predicted molar refractivity (Wildman–Crippen MR) is 257 cm³/mol. The molecule has 61 heavy (non-hydrogen) atoms. The molecule has 0 aliphatic rings. The van der Waals surface area contributed by atoms with Crippen LogP contribution in [0.2, 0.25) is 6.32 Å². The van der Waals surface area contributed by atoms with Crippen molar-refractivity contribution in [3.05, 3.63) is 156 Å². The van der Waals surface area contributed by atoms with E-state index in [2.05, 4.69) is 164 Å². The number of Topliss-reactive ketones (excluding diaryl/α,β-unsaturated/α-hetero) is 1. The van der Waals surface area contributed by atoms with Gasteiger partial charge < -0.3 is 9.22 Å². The molecule has 0 saturated carbocycles. The third kappa shape index (κ3) is 17.6. The quantitative estimate of drug-likeness (QED) is 0.0386. The Hall–Kier alpha value is -4.83. The monoisotopic (exact) mass is 850 g/mol. The normalized spacial score (nSPS) is 12.5. The number of esters is 1. The largest absolute Gasteiger partial charge is 0.459 e. The Bertz CT molecular complexity index is 2040. The lowest BCUT2D eigenvalue weighted by Crippen LogP contribution is -2.66. The Morgan fingerprint density at radius 1 is 0.623 bits per heavy atom. The average molecular weight is 850 g/mol. The van der Waals surface area contributed by atoms with Crippen molar-refractivity contribution < 1.29 is 31.4 Å². The molecule has 0 bridgehead atoms. The summed E-state index contributed by atoms with van der Waals surface area (Å²) in [5, 5.41) is 0. The summed E-state index contributed by atoms with van der Waals surface area (Å²) in [6, 6.07) is 47.9. The molecule has 0 heterocycles. The van der Waals surface area contributed by atoms with Crippen LogP contribution in [-0.2, 0) is 35.0 Å². The minimum absolute atomic E-state index is 0.0387. The molecule has 0 saturated heterocycles. The van der Waals surface area contributed by atoms with Crippen molar-refractivity contribution in [1.82, 2.24) is 0 Å². The van der Waals surface area contributed by atoms with Gasteiger partial charge in [0.05, 0.1) is 45.8 Å². The lowest BCUT2D eigenvalue weighted by atomic mass is 9.14. The van der Waals surface area contributed by atoms with Crippen LogP contribution in [0.3, 0.4) is 0 Å². The molecule has 0 aromatic heterocycles. The molecule has 5 aromatic carbocycles. The minimum atomic E-state index is -4.08. The maximum Gasteiger partial charge on any atom is 0.322 e. The molecule has 0 amide bonds. The zero-order chi connectivity index (χ0) is 45.9. The van der Waals surface area contributed by atoms with E-state index in [0.717, 1.165) is 16.5 Å². The van der Waals surface area contributed by atoms with Crippen LogP contribution in [0.1, 0.15) is 78.0 Å². The number of quaternary nitrogens is 1. The van der Waals surface area contributed by atoms with E-state index in [1.54, 1.807) is 32.9 Å². The Labute approximate surface area is 369 Å². The molecule has 0 spiro atoms. The highest BCUT2D eigenvalue weighted by Gasteiger charge is 2.43. The highest BCUT2D eigenvalue weighted by molar-refractivity contribution is 7.86. The highest BCUT2D eigenvalue weighted by Crippen LogP contribution is 2.26. The number of unbranched alkanes of at least 4 members (excludes halogenated alkanes) is 1. The van der Waals surface area contributed by atoms with Crippen molar-refractivity contribution in [3.63, 3.8) is 0 Å². The van der Waals surface area contributed by atoms with Crippen molar-refractivity contribution in [1.29, 1.82) is 0 Å². The number of rotatable bonds is 13. The molecule has 0 aliphatic carbocycles. The van der Waals surface area contributed by atoms with Crippen LogP contribution in [0.15, 0.2) is 144 Å². The molecule has 1 unspecified atom stereocenters. The van der Waals surface area contributed by atoms with Gasteiger partial charge >= 0.3 is 5.97 Å². The number of aryl methyl sites for hydroxylation is 3. The number of hydrogen-bond acceptors (Lipinski definition) is 6. The summed E-state index contributed by atoms with van der Waals surface area (Å²) in [4.78, 5) is 24.2. The van der Waals surface area contributed by atoms with E-state index < -0.39 is 45.6 Å². The van der Waals surface area contributed by atoms with Gasteiger partial charge in [-0.05, 0) is 72.6 Å². The molecule has 7 nitrogen and oxygen atoms in total. The van der Waals surface area contributed by atoms with E-state index in [-0.39, 0.29) is 4.90 Å². The third-order valence-corrected chi connectivity index (χ3v) is 11.3. The van der Waals surface area contributed by atoms with Crippen molar-refractivity contribution >= 4 is 44.4 Å². The first-order chi connectivity index (χ1) is 28.5. The second-order valence-electron chi connectivity index (χ2n) is 18.4. The molecule has 9 heteroatoms. The van der Waals surface area contributed by atoms with Gasteiger partial charge in [-0.15, -0.1) is 0 Å². The lowest BCUT2D eigenvalue weighted by Gasteiger charge is -2.43. The maximum atomic E-state index is 12.3. The topological polar surface area (TPSA) is 86.7 Å². The fourth-order valence-corrected chi connectivity index (χ4v) is 7.42. The molecule has 0 fully saturated rings. The van der Waals surface area contributed by atoms with Crippen LogP contribution in [-0.4, -0.2) is 71.2 Å². The molecule has 1 atom stereocenters. The van der Waals surface area contributed by atoms with Crippen LogP contribution < -0.4 is 16.4 Å². The smallest absolute Gasteiger partial charge is 0.322 e. The maximum absolute atomic E-state index is 12.3. The molecular weight excluding hydrogens is 777 g/mol. The van der Waals surface area contributed by atoms with E-state index in [9.17, 15) is 18.0 Å². The Kier molecular flexibility index (Phi) is 20.6. The SMILES string of the molecule is CC(=O)C(C)(COS(=O)(=O)c1ccc(C)cc1)C(=O)OC(C)(C)C.CCCC[B-](c1ccccc1)(c1ccccc1)c1ccccc1.CCc1ccc(C)cc1.C[N+](C)(C)C. The van der Waals surface area contributed by atoms with Crippen LogP contribution in [0.4, 0.5) is 0 Å². The second kappa shape index (κ2) is 24.0. The Balaban J connectivity index is 0.000000321. The fourth-order valence-electron chi connectivity index (χ4n) is 6.42. The second-order valence-corrected chi connectivity index (χ2v) is 20.0. The van der Waals surface area contributed by atoms with Gasteiger partial charge in [0.1, 0.15) is 16.8 Å². The van der Waals surface area contributed by atoms with Gasteiger partial charge in [-0.1, -0.05) is 165 Å². The van der Waals surface area contributed by atoms with Crippen LogP contribution >= 0.6 is 0 Å². The zero-order valence-corrected chi connectivity index (χ0v) is 40.0. The average Bonchev–Trinajstić information content (AvgIpc) is 3.21. The van der Waals surface area contributed by atoms with Gasteiger partial charge in [0.15, 0.2) is 0 Å². The van der Waals surface area contributed by atoms with Gasteiger partial charge in [-0.25, -0.2) is 0 Å². The summed E-state index contributed by atoms with van der Waals surface area (Å²) in [7, 11) is 4.42. The van der Waals surface area contributed by atoms with E-state index in [1.807, 2.05) is 6.92 Å². The van der Waals surface area contributed by atoms with Gasteiger partial charge in [0, 0.05) is 0 Å². The molecule has 0 N–H and O–H groups in total. The predicted octanol–water partition coefficient (Wildman–Crippen LogP) is 9.47. The lowest BCUT2D eigenvalue weighted by molar-refractivity contribution is -0.849. The first-order valence-corrected chi connectivity index (χ1v) is 22.8. The van der Waals surface area contributed by atoms with Crippen molar-refractivity contribution in [2.75, 3.05) is 34.8 Å². The first kappa shape index (κ1) is 52.3. The standard InChI is InChI=1S/C22H24B.C17H24O6S.C9H12.C4H12N/c1-2-3-19-23(20-13-7-4-8-14-20,21-15-9-5-10-16-21)22-17-11-6-12-18-22;1-12-7-9-14(10-8-12)24(20,21)22-11-17(6,13(2)18)15(19)23-16(3,4)5;1-3-9-6-4-8(2)5-7-9;1-5(2,3)4/h4-18H,2-3,19H2,1H3;7-10H,11H2,1-6H3;4-7H,3H2,1-2H3;1-4H3/q-1;;;+1. The number of hydrogen-bond donors (Lipinski definition) is 0. The summed E-state index contributed by atoms with van der Waals surface area (Å²) < 4.78 is 35.7. The number of ether oxygens (including phenoxy) is 1. The molecule has 0 aliphatic heterocycles. The van der Waals surface area contributed by atoms with Crippen LogP contribution in [0, 0.1) is 19.3 Å². The van der Waals surface area contributed by atoms with Crippen LogP contribution in [0.5, 0.6) is 0 Å². The minimum Gasteiger partial charge on any atom is -0.459 e. The van der Waals surface area contributed by atoms with Crippen molar-refractivity contribution in [2.45, 2.75) is 98.4 Å². The van der Waals surface area contributed by atoms with Gasteiger partial charge in [0.25, 0.3) is 10.1 Å². The number of benzene rings is 5. The number of ketones is 1. The van der Waals surface area contributed by atoms with Crippen molar-refractivity contribution in [2.24, 2.45) is 5.41 Å². The molecule has 5 aromatic rings. The molecule has 0 radical (unpaired) electrons. The third-order valence-electron chi connectivity index (χ3n) is 10.1. The van der Waals surface area contributed by atoms with E-state index in [1.165, 1.54) is 72.7 Å². The van der Waals surface area contributed by atoms with Gasteiger partial charge in [-0.2, -0.15) is 31.1 Å². The summed E-state index contributed by atoms with van der Waals surface area (Å²) in [5.74, 6) is -1.35. The van der Waals surface area contributed by atoms with E-state index in [4.69, 9.17) is 8.92 Å². The molecule has 5 rings (SSSR count). The summed E-state index contributed by atoms with van der Waals surface area (Å²) in [6.45, 7) is 15.3. The van der Waals surface area contributed by atoms with Crippen LogP contribution in [0.25, 0.3) is 0 Å². The van der Waals surface area contributed by atoms with Gasteiger partial charge in [-0.3, -0.25) is 13.8 Å². The summed E-state index contributed by atoms with van der Waals surface area (Å²) >= 11 is 0. The van der Waals surface area contributed by atoms with Crippen molar-refractivity contribution in [3.8, 4) is 0 Å². The Morgan fingerprint density at radius 2 is 1.00 bits per heavy atom. The Morgan fingerprint density at radius 3 is 1.33 bits per heavy atom. The number of carbonyl (C=O) groups excluding carboxylic acids is 2. The summed E-state index contributed by atoms with van der Waals surface area (Å²) in [5.41, 5.74) is 5.48. The van der Waals surface area contributed by atoms with Gasteiger partial charge in [0.2, 0.25) is 0 Å². The molecule has 330 valence electrons. The highest BCUT2D eigenvalue weighted by atomic mass is 32.2. The zero-order valence-electron chi connectivity index (χ0n) is 39.2. The number of carbonyl (C=O) groups is 2. The van der Waals surface area contributed by atoms with E-state index >= 15 is 0 Å². The summed E-state index contributed by atoms with van der Waals surface area (Å²) in [6.07, 6.45) is 3.87. The first-order valence-electron chi connectivity index (χ1n) is 21.4. The molecular formula is C52H72BNO6S. The number of nitrogens with zero attached hydrogens (tertiary/aromatic N) is 1. The van der Waals surface area contributed by atoms with E-state index in [0.29, 0.717) is 0 Å². The fraction of sp³-hybridized carbons (Fsp3) is 0.385.